The number of aliphatic hydroxyl groups excluding tert-OH is 2. The van der Waals surface area contributed by atoms with Crippen molar-refractivity contribution in [3.63, 3.8) is 0 Å². The normalized spacial score (nSPS) is 13.4. The number of H-pyrrole nitrogens is 2. The maximum absolute atomic E-state index is 12.1. The standard InChI is InChI=1S/C21H28N8O4S4/c1-5-7-11(9-31)29(4)17-13-15(25-21(33)35-13)23-19(27-17)37-36-18-22-14-12(34-20(32)24-14)16(26-18)28(3)10(6-2)8-30/h10-11,30-31H,5-9H2,1-4H3,(H,22,24,26,32)(H,23,25,27,33)/t10-,11-/m1/s1. The smallest absolute Gasteiger partial charge is 0.306 e. The Morgan fingerprint density at radius 3 is 1.68 bits per heavy atom. The fourth-order valence-corrected chi connectivity index (χ4v) is 7.03. The molecule has 0 aliphatic carbocycles. The first kappa shape index (κ1) is 27.8. The number of hydrogen-bond acceptors (Lipinski definition) is 14. The van der Waals surface area contributed by atoms with E-state index in [1.807, 2.05) is 37.7 Å². The van der Waals surface area contributed by atoms with E-state index in [-0.39, 0.29) is 35.0 Å². The number of aromatic nitrogens is 6. The first-order valence-electron chi connectivity index (χ1n) is 11.6. The largest absolute Gasteiger partial charge is 0.394 e. The van der Waals surface area contributed by atoms with Gasteiger partial charge in [-0.1, -0.05) is 42.9 Å². The number of aliphatic hydroxyl groups is 2. The molecule has 12 nitrogen and oxygen atoms in total. The molecule has 0 radical (unpaired) electrons. The summed E-state index contributed by atoms with van der Waals surface area (Å²) >= 11 is 2.06. The minimum Gasteiger partial charge on any atom is -0.394 e. The molecule has 0 saturated heterocycles. The Morgan fingerprint density at radius 2 is 1.27 bits per heavy atom. The van der Waals surface area contributed by atoms with Gasteiger partial charge in [0.15, 0.2) is 22.9 Å². The summed E-state index contributed by atoms with van der Waals surface area (Å²) in [6.07, 6.45) is 2.36. The molecular weight excluding hydrogens is 557 g/mol. The van der Waals surface area contributed by atoms with Gasteiger partial charge in [-0.2, -0.15) is 0 Å². The fourth-order valence-electron chi connectivity index (χ4n) is 3.86. The molecule has 16 heteroatoms. The molecule has 0 aliphatic rings. The third-order valence-electron chi connectivity index (χ3n) is 5.95. The highest BCUT2D eigenvalue weighted by Crippen LogP contribution is 2.38. The molecule has 0 fully saturated rings. The van der Waals surface area contributed by atoms with Crippen LogP contribution in [0.15, 0.2) is 19.9 Å². The van der Waals surface area contributed by atoms with Crippen LogP contribution in [-0.4, -0.2) is 79.5 Å². The molecular formula is C21H28N8O4S4. The number of likely N-dealkylation sites (N-methyl/N-ethyl adjacent to an activating group) is 2. The lowest BCUT2D eigenvalue weighted by molar-refractivity contribution is 0.255. The van der Waals surface area contributed by atoms with Crippen LogP contribution in [0.4, 0.5) is 11.6 Å². The van der Waals surface area contributed by atoms with Crippen molar-refractivity contribution in [1.29, 1.82) is 0 Å². The molecule has 37 heavy (non-hydrogen) atoms. The van der Waals surface area contributed by atoms with E-state index in [9.17, 15) is 19.8 Å². The van der Waals surface area contributed by atoms with Crippen LogP contribution in [0.3, 0.4) is 0 Å². The van der Waals surface area contributed by atoms with Gasteiger partial charge in [0.05, 0.1) is 25.3 Å². The minimum absolute atomic E-state index is 0.0397. The maximum atomic E-state index is 12.1. The number of nitrogens with zero attached hydrogens (tertiary/aromatic N) is 6. The lowest BCUT2D eigenvalue weighted by Gasteiger charge is -2.27. The Labute approximate surface area is 228 Å². The van der Waals surface area contributed by atoms with Crippen molar-refractivity contribution >= 4 is 76.6 Å². The molecule has 0 bridgehead atoms. The van der Waals surface area contributed by atoms with E-state index >= 15 is 0 Å². The molecule has 0 unspecified atom stereocenters. The number of aromatic amines is 2. The van der Waals surface area contributed by atoms with Gasteiger partial charge < -0.3 is 20.0 Å². The monoisotopic (exact) mass is 584 g/mol. The molecule has 4 rings (SSSR count). The number of thiazole rings is 2. The van der Waals surface area contributed by atoms with Crippen LogP contribution in [0.5, 0.6) is 0 Å². The molecule has 4 aromatic heterocycles. The van der Waals surface area contributed by atoms with E-state index in [2.05, 4.69) is 24.9 Å². The van der Waals surface area contributed by atoms with E-state index in [0.717, 1.165) is 35.5 Å². The van der Waals surface area contributed by atoms with Gasteiger partial charge >= 0.3 is 9.75 Å². The third-order valence-corrected chi connectivity index (χ3v) is 9.58. The van der Waals surface area contributed by atoms with Crippen molar-refractivity contribution in [3.8, 4) is 0 Å². The summed E-state index contributed by atoms with van der Waals surface area (Å²) in [5, 5.41) is 20.5. The third kappa shape index (κ3) is 5.93. The Kier molecular flexibility index (Phi) is 9.07. The zero-order valence-electron chi connectivity index (χ0n) is 20.7. The van der Waals surface area contributed by atoms with Gasteiger partial charge in [-0.3, -0.25) is 19.6 Å². The van der Waals surface area contributed by atoms with E-state index in [1.54, 1.807) is 0 Å². The van der Waals surface area contributed by atoms with Crippen LogP contribution >= 0.6 is 44.3 Å². The minimum atomic E-state index is -0.237. The molecule has 0 amide bonds. The summed E-state index contributed by atoms with van der Waals surface area (Å²) in [6, 6.07) is -0.314. The Bertz CT molecular complexity index is 1480. The van der Waals surface area contributed by atoms with Gasteiger partial charge in [-0.15, -0.1) is 0 Å². The fraction of sp³-hybridized carbons (Fsp3) is 0.524. The van der Waals surface area contributed by atoms with Crippen molar-refractivity contribution < 1.29 is 10.2 Å². The van der Waals surface area contributed by atoms with Crippen LogP contribution in [-0.2, 0) is 0 Å². The predicted molar refractivity (Wildman–Crippen MR) is 152 cm³/mol. The quantitative estimate of drug-likeness (QED) is 0.142. The predicted octanol–water partition coefficient (Wildman–Crippen LogP) is 2.68. The summed E-state index contributed by atoms with van der Waals surface area (Å²) < 4.78 is 1.25. The van der Waals surface area contributed by atoms with Gasteiger partial charge in [-0.25, -0.2) is 19.9 Å². The van der Waals surface area contributed by atoms with Crippen LogP contribution in [0.1, 0.15) is 33.1 Å². The molecule has 0 spiro atoms. The molecule has 0 aliphatic heterocycles. The molecule has 4 aromatic rings. The number of hydrogen-bond donors (Lipinski definition) is 4. The SMILES string of the molecule is CCC[C@H](CO)N(C)c1nc(SSc2nc(N(C)[C@H](CC)CO)c3sc(=O)[nH]c3n2)nc2[nH]c(=O)sc12. The van der Waals surface area contributed by atoms with E-state index in [1.165, 1.54) is 21.6 Å². The summed E-state index contributed by atoms with van der Waals surface area (Å²) in [4.78, 5) is 51.3. The molecule has 200 valence electrons. The lowest BCUT2D eigenvalue weighted by atomic mass is 10.1. The second-order valence-electron chi connectivity index (χ2n) is 8.30. The Hall–Kier alpha value is -2.24. The Morgan fingerprint density at radius 1 is 0.811 bits per heavy atom. The van der Waals surface area contributed by atoms with Gasteiger partial charge in [-0.05, 0) is 34.4 Å². The van der Waals surface area contributed by atoms with Crippen LogP contribution in [0, 0.1) is 0 Å². The van der Waals surface area contributed by atoms with Crippen LogP contribution < -0.4 is 19.5 Å². The summed E-state index contributed by atoms with van der Waals surface area (Å²) in [5.74, 6) is 1.12. The van der Waals surface area contributed by atoms with Crippen LogP contribution in [0.2, 0.25) is 0 Å². The zero-order valence-corrected chi connectivity index (χ0v) is 24.0. The van der Waals surface area contributed by atoms with E-state index < -0.39 is 0 Å². The average molecular weight is 585 g/mol. The number of nitrogens with one attached hydrogen (secondary N) is 2. The first-order valence-corrected chi connectivity index (χ1v) is 15.4. The summed E-state index contributed by atoms with van der Waals surface area (Å²) in [7, 11) is 6.13. The van der Waals surface area contributed by atoms with Crippen molar-refractivity contribution in [2.45, 2.75) is 55.5 Å². The maximum Gasteiger partial charge on any atom is 0.306 e. The second kappa shape index (κ2) is 12.1. The van der Waals surface area contributed by atoms with Gasteiger partial charge in [0.2, 0.25) is 10.3 Å². The zero-order chi connectivity index (χ0) is 26.7. The van der Waals surface area contributed by atoms with Crippen molar-refractivity contribution in [1.82, 2.24) is 29.9 Å². The van der Waals surface area contributed by atoms with Crippen LogP contribution in [0.25, 0.3) is 20.7 Å². The summed E-state index contributed by atoms with van der Waals surface area (Å²) in [5.41, 5.74) is 0.850. The van der Waals surface area contributed by atoms with E-state index in [0.29, 0.717) is 49.1 Å². The Balaban J connectivity index is 1.69. The topological polar surface area (TPSA) is 164 Å². The van der Waals surface area contributed by atoms with Gasteiger partial charge in [0.1, 0.15) is 9.40 Å². The molecule has 0 saturated carbocycles. The summed E-state index contributed by atoms with van der Waals surface area (Å²) in [6.45, 7) is 3.93. The number of fused-ring (bicyclic) bond motifs is 2. The number of anilines is 2. The molecule has 4 heterocycles. The molecule has 0 aromatic carbocycles. The molecule has 2 atom stereocenters. The highest BCUT2D eigenvalue weighted by molar-refractivity contribution is 8.76. The van der Waals surface area contributed by atoms with Gasteiger partial charge in [0, 0.05) is 14.1 Å². The second-order valence-corrected chi connectivity index (χ2v) is 12.3. The van der Waals surface area contributed by atoms with Gasteiger partial charge in [0.25, 0.3) is 0 Å². The number of rotatable bonds is 12. The van der Waals surface area contributed by atoms with Crippen molar-refractivity contribution in [3.05, 3.63) is 19.3 Å². The highest BCUT2D eigenvalue weighted by Gasteiger charge is 2.23. The van der Waals surface area contributed by atoms with E-state index in [4.69, 9.17) is 4.98 Å². The first-order chi connectivity index (χ1) is 17.8. The average Bonchev–Trinajstić information content (AvgIpc) is 3.45. The van der Waals surface area contributed by atoms with Crippen molar-refractivity contribution in [2.24, 2.45) is 0 Å². The lowest BCUT2D eigenvalue weighted by Crippen LogP contribution is -2.35. The molecule has 4 N–H and O–H groups in total. The highest BCUT2D eigenvalue weighted by atomic mass is 33.1. The van der Waals surface area contributed by atoms with Crippen molar-refractivity contribution in [2.75, 3.05) is 37.1 Å².